The maximum absolute atomic E-state index is 5.58. The molecule has 1 aliphatic rings. The summed E-state index contributed by atoms with van der Waals surface area (Å²) in [5.74, 6) is 0. The molecule has 2 aromatic rings. The standard InChI is InChI=1S/C21H29N3OS2/c1-2-4-17-6-8-18(9-7-17)20(19-5-3-16-27-19)23-21(26)22-10-11-24-12-14-25-15-13-24/h3,5-9,16,20H,2,4,10-15H2,1H3,(H2,22,23,26)/t20-/m1/s1. The molecule has 27 heavy (non-hydrogen) atoms. The van der Waals surface area contributed by atoms with Crippen LogP contribution in [0.2, 0.25) is 0 Å². The van der Waals surface area contributed by atoms with E-state index >= 15 is 0 Å². The number of hydrogen-bond acceptors (Lipinski definition) is 4. The van der Waals surface area contributed by atoms with Gasteiger partial charge in [0.25, 0.3) is 0 Å². The average Bonchev–Trinajstić information content (AvgIpc) is 3.22. The highest BCUT2D eigenvalue weighted by molar-refractivity contribution is 7.80. The van der Waals surface area contributed by atoms with Crippen molar-refractivity contribution in [3.63, 3.8) is 0 Å². The van der Waals surface area contributed by atoms with Crippen molar-refractivity contribution in [1.82, 2.24) is 15.5 Å². The number of benzene rings is 1. The first-order valence-electron chi connectivity index (χ1n) is 9.73. The minimum absolute atomic E-state index is 0.0871. The maximum atomic E-state index is 5.58. The number of rotatable bonds is 8. The van der Waals surface area contributed by atoms with E-state index in [2.05, 4.69) is 64.2 Å². The van der Waals surface area contributed by atoms with Crippen LogP contribution in [0.15, 0.2) is 41.8 Å². The minimum Gasteiger partial charge on any atom is -0.379 e. The topological polar surface area (TPSA) is 36.5 Å². The number of ether oxygens (including phenoxy) is 1. The lowest BCUT2D eigenvalue weighted by Gasteiger charge is -2.27. The van der Waals surface area contributed by atoms with E-state index in [9.17, 15) is 0 Å². The molecule has 1 aliphatic heterocycles. The van der Waals surface area contributed by atoms with E-state index < -0.39 is 0 Å². The Balaban J connectivity index is 1.57. The highest BCUT2D eigenvalue weighted by atomic mass is 32.1. The molecule has 6 heteroatoms. The molecule has 2 heterocycles. The van der Waals surface area contributed by atoms with Crippen LogP contribution in [0.25, 0.3) is 0 Å². The molecule has 1 aromatic heterocycles. The van der Waals surface area contributed by atoms with Crippen molar-refractivity contribution >= 4 is 28.7 Å². The molecule has 2 N–H and O–H groups in total. The molecule has 1 aromatic carbocycles. The first kappa shape index (κ1) is 20.3. The predicted octanol–water partition coefficient (Wildman–Crippen LogP) is 3.59. The van der Waals surface area contributed by atoms with E-state index in [0.717, 1.165) is 45.8 Å². The van der Waals surface area contributed by atoms with E-state index in [1.807, 2.05) is 0 Å². The first-order valence-corrected chi connectivity index (χ1v) is 11.0. The fraction of sp³-hybridized carbons (Fsp3) is 0.476. The fourth-order valence-corrected chi connectivity index (χ4v) is 4.30. The Hall–Kier alpha value is -1.47. The van der Waals surface area contributed by atoms with E-state index in [1.54, 1.807) is 11.3 Å². The second-order valence-corrected chi connectivity index (χ2v) is 8.18. The zero-order valence-corrected chi connectivity index (χ0v) is 17.6. The van der Waals surface area contributed by atoms with Crippen molar-refractivity contribution in [3.8, 4) is 0 Å². The minimum atomic E-state index is 0.0871. The van der Waals surface area contributed by atoms with Gasteiger partial charge in [-0.2, -0.15) is 0 Å². The van der Waals surface area contributed by atoms with Crippen molar-refractivity contribution in [2.75, 3.05) is 39.4 Å². The number of thiocarbonyl (C=S) groups is 1. The lowest BCUT2D eigenvalue weighted by Crippen LogP contribution is -2.44. The molecule has 0 radical (unpaired) electrons. The second-order valence-electron chi connectivity index (χ2n) is 6.79. The lowest BCUT2D eigenvalue weighted by atomic mass is 10.0. The fourth-order valence-electron chi connectivity index (χ4n) is 3.27. The Morgan fingerprint density at radius 2 is 2.00 bits per heavy atom. The van der Waals surface area contributed by atoms with E-state index in [0.29, 0.717) is 5.11 Å². The molecule has 1 fully saturated rings. The molecule has 3 rings (SSSR count). The molecule has 0 amide bonds. The van der Waals surface area contributed by atoms with Gasteiger partial charge in [0, 0.05) is 31.1 Å². The van der Waals surface area contributed by atoms with Gasteiger partial charge < -0.3 is 15.4 Å². The van der Waals surface area contributed by atoms with Crippen molar-refractivity contribution in [1.29, 1.82) is 0 Å². The van der Waals surface area contributed by atoms with Crippen LogP contribution >= 0.6 is 23.6 Å². The smallest absolute Gasteiger partial charge is 0.167 e. The Morgan fingerprint density at radius 1 is 1.22 bits per heavy atom. The first-order chi connectivity index (χ1) is 13.3. The van der Waals surface area contributed by atoms with Crippen LogP contribution < -0.4 is 10.6 Å². The average molecular weight is 404 g/mol. The van der Waals surface area contributed by atoms with Crippen molar-refractivity contribution in [2.45, 2.75) is 25.8 Å². The molecule has 0 bridgehead atoms. The van der Waals surface area contributed by atoms with Gasteiger partial charge in [0.1, 0.15) is 0 Å². The van der Waals surface area contributed by atoms with Crippen LogP contribution in [0.1, 0.15) is 35.4 Å². The molecule has 146 valence electrons. The molecule has 0 aliphatic carbocycles. The van der Waals surface area contributed by atoms with Crippen LogP contribution in [0.4, 0.5) is 0 Å². The van der Waals surface area contributed by atoms with Gasteiger partial charge >= 0.3 is 0 Å². The molecule has 0 saturated carbocycles. The Labute approximate surface area is 171 Å². The molecule has 1 saturated heterocycles. The number of morpholine rings is 1. The summed E-state index contributed by atoms with van der Waals surface area (Å²) in [7, 11) is 0. The van der Waals surface area contributed by atoms with Gasteiger partial charge in [-0.15, -0.1) is 11.3 Å². The molecular formula is C21H29N3OS2. The number of nitrogens with one attached hydrogen (secondary N) is 2. The third-order valence-corrected chi connectivity index (χ3v) is 5.97. The van der Waals surface area contributed by atoms with Crippen LogP contribution in [0.5, 0.6) is 0 Å². The number of nitrogens with zero attached hydrogens (tertiary/aromatic N) is 1. The van der Waals surface area contributed by atoms with Gasteiger partial charge in [0.15, 0.2) is 5.11 Å². The van der Waals surface area contributed by atoms with Gasteiger partial charge in [-0.3, -0.25) is 4.90 Å². The monoisotopic (exact) mass is 403 g/mol. The van der Waals surface area contributed by atoms with Crippen LogP contribution in [0, 0.1) is 0 Å². The SMILES string of the molecule is CCCc1ccc([C@@H](NC(=S)NCCN2CCOCC2)c2cccs2)cc1. The maximum Gasteiger partial charge on any atom is 0.167 e. The van der Waals surface area contributed by atoms with E-state index in [1.165, 1.54) is 22.4 Å². The zero-order chi connectivity index (χ0) is 18.9. The highest BCUT2D eigenvalue weighted by Crippen LogP contribution is 2.26. The van der Waals surface area contributed by atoms with Gasteiger partial charge in [-0.25, -0.2) is 0 Å². The predicted molar refractivity (Wildman–Crippen MR) is 118 cm³/mol. The second kappa shape index (κ2) is 10.8. The Morgan fingerprint density at radius 3 is 2.67 bits per heavy atom. The Bertz CT molecular complexity index is 682. The summed E-state index contributed by atoms with van der Waals surface area (Å²) in [6, 6.07) is 13.3. The summed E-state index contributed by atoms with van der Waals surface area (Å²) in [5.41, 5.74) is 2.63. The van der Waals surface area contributed by atoms with E-state index in [4.69, 9.17) is 17.0 Å². The molecular weight excluding hydrogens is 374 g/mol. The third-order valence-electron chi connectivity index (χ3n) is 4.77. The molecule has 0 unspecified atom stereocenters. The molecule has 0 spiro atoms. The van der Waals surface area contributed by atoms with Gasteiger partial charge in [-0.05, 0) is 41.2 Å². The van der Waals surface area contributed by atoms with Gasteiger partial charge in [-0.1, -0.05) is 43.7 Å². The summed E-state index contributed by atoms with van der Waals surface area (Å²) in [4.78, 5) is 3.68. The summed E-state index contributed by atoms with van der Waals surface area (Å²) in [6.07, 6.45) is 2.29. The van der Waals surface area contributed by atoms with E-state index in [-0.39, 0.29) is 6.04 Å². The van der Waals surface area contributed by atoms with Crippen molar-refractivity contribution < 1.29 is 4.74 Å². The molecule has 1 atom stereocenters. The van der Waals surface area contributed by atoms with Crippen molar-refractivity contribution in [2.24, 2.45) is 0 Å². The number of thiophene rings is 1. The summed E-state index contributed by atoms with van der Waals surface area (Å²) in [5, 5.41) is 9.70. The third kappa shape index (κ3) is 6.28. The number of aryl methyl sites for hydroxylation is 1. The van der Waals surface area contributed by atoms with Crippen LogP contribution in [-0.2, 0) is 11.2 Å². The summed E-state index contributed by atoms with van der Waals surface area (Å²) < 4.78 is 5.39. The Kier molecular flexibility index (Phi) is 8.08. The summed E-state index contributed by atoms with van der Waals surface area (Å²) >= 11 is 7.33. The number of hydrogen-bond donors (Lipinski definition) is 2. The largest absolute Gasteiger partial charge is 0.379 e. The lowest BCUT2D eigenvalue weighted by molar-refractivity contribution is 0.0389. The van der Waals surface area contributed by atoms with Crippen LogP contribution in [-0.4, -0.2) is 49.4 Å². The summed E-state index contributed by atoms with van der Waals surface area (Å²) in [6.45, 7) is 7.71. The molecule has 4 nitrogen and oxygen atoms in total. The quantitative estimate of drug-likeness (QED) is 0.659. The van der Waals surface area contributed by atoms with Gasteiger partial charge in [0.05, 0.1) is 19.3 Å². The van der Waals surface area contributed by atoms with Gasteiger partial charge in [0.2, 0.25) is 0 Å². The highest BCUT2D eigenvalue weighted by Gasteiger charge is 2.16. The zero-order valence-electron chi connectivity index (χ0n) is 15.9. The van der Waals surface area contributed by atoms with Crippen molar-refractivity contribution in [3.05, 3.63) is 57.8 Å². The van der Waals surface area contributed by atoms with Crippen LogP contribution in [0.3, 0.4) is 0 Å². The normalized spacial score (nSPS) is 16.0.